The van der Waals surface area contributed by atoms with E-state index in [4.69, 9.17) is 0 Å². The van der Waals surface area contributed by atoms with E-state index in [2.05, 4.69) is 6.92 Å². The maximum atomic E-state index is 12.8. The topological polar surface area (TPSA) is 57.6 Å². The van der Waals surface area contributed by atoms with E-state index in [1.54, 1.807) is 29.4 Å². The van der Waals surface area contributed by atoms with E-state index < -0.39 is 10.0 Å². The molecule has 1 unspecified atom stereocenters. The van der Waals surface area contributed by atoms with E-state index in [1.165, 1.54) is 0 Å². The molecule has 1 atom stereocenters. The Morgan fingerprint density at radius 1 is 1.45 bits per heavy atom. The number of hydrogen-bond acceptors (Lipinski definition) is 4. The van der Waals surface area contributed by atoms with E-state index in [0.29, 0.717) is 34.4 Å². The Morgan fingerprint density at radius 3 is 2.85 bits per heavy atom. The van der Waals surface area contributed by atoms with Crippen molar-refractivity contribution in [1.82, 2.24) is 4.31 Å². The lowest BCUT2D eigenvalue weighted by Gasteiger charge is -2.31. The van der Waals surface area contributed by atoms with Crippen LogP contribution in [0.1, 0.15) is 24.5 Å². The van der Waals surface area contributed by atoms with Crippen LogP contribution in [-0.2, 0) is 16.6 Å². The van der Waals surface area contributed by atoms with Crippen LogP contribution < -0.4 is 0 Å². The first kappa shape index (κ1) is 15.8. The Labute approximate surface area is 125 Å². The number of aliphatic hydroxyl groups excluding tert-OH is 1. The molecular weight excluding hydrogens is 294 g/mol. The second-order valence-corrected chi connectivity index (χ2v) is 8.28. The van der Waals surface area contributed by atoms with Crippen molar-refractivity contribution in [2.75, 3.05) is 18.8 Å². The van der Waals surface area contributed by atoms with Crippen LogP contribution in [0.3, 0.4) is 0 Å². The van der Waals surface area contributed by atoms with Crippen molar-refractivity contribution < 1.29 is 13.5 Å². The number of benzene rings is 1. The molecule has 1 N–H and O–H groups in total. The zero-order valence-electron chi connectivity index (χ0n) is 11.9. The molecule has 6 heteroatoms. The smallest absolute Gasteiger partial charge is 0.243 e. The lowest BCUT2D eigenvalue weighted by molar-refractivity contribution is 0.280. The van der Waals surface area contributed by atoms with Crippen molar-refractivity contribution in [1.29, 1.82) is 0 Å². The van der Waals surface area contributed by atoms with Gasteiger partial charge < -0.3 is 5.11 Å². The van der Waals surface area contributed by atoms with Gasteiger partial charge in [-0.15, -0.1) is 0 Å². The molecule has 0 spiro atoms. The van der Waals surface area contributed by atoms with Gasteiger partial charge in [0.2, 0.25) is 10.0 Å². The highest BCUT2D eigenvalue weighted by atomic mass is 32.2. The van der Waals surface area contributed by atoms with E-state index in [0.717, 1.165) is 12.2 Å². The Bertz CT molecular complexity index is 572. The minimum atomic E-state index is -3.46. The fraction of sp³-hybridized carbons (Fsp3) is 0.571. The minimum Gasteiger partial charge on any atom is -0.392 e. The molecule has 1 aromatic carbocycles. The van der Waals surface area contributed by atoms with Crippen molar-refractivity contribution >= 4 is 21.8 Å². The van der Waals surface area contributed by atoms with E-state index in [1.807, 2.05) is 11.8 Å². The molecule has 0 aromatic heterocycles. The second-order valence-electron chi connectivity index (χ2n) is 4.96. The van der Waals surface area contributed by atoms with Crippen molar-refractivity contribution in [3.8, 4) is 0 Å². The lowest BCUT2D eigenvalue weighted by Crippen LogP contribution is -2.41. The molecule has 1 saturated heterocycles. The molecule has 20 heavy (non-hydrogen) atoms. The summed E-state index contributed by atoms with van der Waals surface area (Å²) in [6.45, 7) is 4.85. The molecule has 0 bridgehead atoms. The molecule has 4 nitrogen and oxygen atoms in total. The Hall–Kier alpha value is -0.560. The number of rotatable bonds is 4. The molecule has 1 aliphatic heterocycles. The average molecular weight is 315 g/mol. The van der Waals surface area contributed by atoms with Crippen molar-refractivity contribution in [2.24, 2.45) is 0 Å². The molecule has 0 saturated carbocycles. The largest absolute Gasteiger partial charge is 0.392 e. The van der Waals surface area contributed by atoms with Crippen LogP contribution in [0.25, 0.3) is 0 Å². The van der Waals surface area contributed by atoms with Gasteiger partial charge in [-0.3, -0.25) is 0 Å². The fourth-order valence-electron chi connectivity index (χ4n) is 2.41. The highest BCUT2D eigenvalue weighted by Gasteiger charge is 2.31. The van der Waals surface area contributed by atoms with Gasteiger partial charge >= 0.3 is 0 Å². The molecule has 112 valence electrons. The highest BCUT2D eigenvalue weighted by Crippen LogP contribution is 2.28. The quantitative estimate of drug-likeness (QED) is 0.923. The van der Waals surface area contributed by atoms with Crippen molar-refractivity contribution in [3.05, 3.63) is 29.3 Å². The van der Waals surface area contributed by atoms with E-state index in [-0.39, 0.29) is 6.61 Å². The zero-order valence-corrected chi connectivity index (χ0v) is 13.5. The molecule has 1 aromatic rings. The normalized spacial score (nSPS) is 21.1. The Morgan fingerprint density at radius 2 is 2.20 bits per heavy atom. The van der Waals surface area contributed by atoms with Gasteiger partial charge in [0.1, 0.15) is 0 Å². The summed E-state index contributed by atoms with van der Waals surface area (Å²) in [5.41, 5.74) is 1.32. The highest BCUT2D eigenvalue weighted by molar-refractivity contribution is 8.00. The summed E-state index contributed by atoms with van der Waals surface area (Å²) in [6, 6.07) is 5.09. The maximum absolute atomic E-state index is 12.8. The summed E-state index contributed by atoms with van der Waals surface area (Å²) >= 11 is 1.84. The van der Waals surface area contributed by atoms with E-state index >= 15 is 0 Å². The first-order valence-corrected chi connectivity index (χ1v) is 9.30. The SMILES string of the molecule is CCC1CN(S(=O)(=O)c2cccc(CO)c2C)CCS1. The second kappa shape index (κ2) is 6.47. The lowest BCUT2D eigenvalue weighted by atomic mass is 10.1. The average Bonchev–Trinajstić information content (AvgIpc) is 2.47. The number of hydrogen-bond donors (Lipinski definition) is 1. The van der Waals surface area contributed by atoms with Gasteiger partial charge in [-0.25, -0.2) is 8.42 Å². The third-order valence-corrected chi connectivity index (χ3v) is 7.12. The first-order chi connectivity index (χ1) is 9.50. The van der Waals surface area contributed by atoms with Crippen molar-refractivity contribution in [3.63, 3.8) is 0 Å². The molecular formula is C14H21NO3S2. The molecule has 1 fully saturated rings. The van der Waals surface area contributed by atoms with Crippen LogP contribution in [0.15, 0.2) is 23.1 Å². The summed E-state index contributed by atoms with van der Waals surface area (Å²) < 4.78 is 27.1. The van der Waals surface area contributed by atoms with Gasteiger partial charge in [0, 0.05) is 24.1 Å². The Balaban J connectivity index is 2.35. The maximum Gasteiger partial charge on any atom is 0.243 e. The van der Waals surface area contributed by atoms with Crippen LogP contribution >= 0.6 is 11.8 Å². The summed E-state index contributed by atoms with van der Waals surface area (Å²) in [6.07, 6.45) is 0.979. The van der Waals surface area contributed by atoms with Gasteiger partial charge in [-0.05, 0) is 30.5 Å². The van der Waals surface area contributed by atoms with Gasteiger partial charge in [0.15, 0.2) is 0 Å². The zero-order chi connectivity index (χ0) is 14.8. The summed E-state index contributed by atoms with van der Waals surface area (Å²) in [4.78, 5) is 0.325. The fourth-order valence-corrected chi connectivity index (χ4v) is 5.55. The number of sulfonamides is 1. The van der Waals surface area contributed by atoms with Gasteiger partial charge in [0.25, 0.3) is 0 Å². The van der Waals surface area contributed by atoms with Crippen LogP contribution in [-0.4, -0.2) is 41.9 Å². The standard InChI is InChI=1S/C14H21NO3S2/c1-3-13-9-15(7-8-19-13)20(17,18)14-6-4-5-12(10-16)11(14)2/h4-6,13,16H,3,7-10H2,1-2H3. The number of nitrogens with zero attached hydrogens (tertiary/aromatic N) is 1. The molecule has 0 radical (unpaired) electrons. The van der Waals surface area contributed by atoms with Gasteiger partial charge in [-0.2, -0.15) is 16.1 Å². The molecule has 2 rings (SSSR count). The van der Waals surface area contributed by atoms with Gasteiger partial charge in [-0.1, -0.05) is 19.1 Å². The van der Waals surface area contributed by atoms with Crippen molar-refractivity contribution in [2.45, 2.75) is 37.0 Å². The molecule has 0 aliphatic carbocycles. The number of thioether (sulfide) groups is 1. The van der Waals surface area contributed by atoms with Crippen LogP contribution in [0.4, 0.5) is 0 Å². The monoisotopic (exact) mass is 315 g/mol. The third-order valence-electron chi connectivity index (χ3n) is 3.74. The van der Waals surface area contributed by atoms with Crippen LogP contribution in [0.2, 0.25) is 0 Å². The third kappa shape index (κ3) is 3.03. The summed E-state index contributed by atoms with van der Waals surface area (Å²) in [5, 5.41) is 9.66. The minimum absolute atomic E-state index is 0.136. The van der Waals surface area contributed by atoms with Crippen LogP contribution in [0, 0.1) is 6.92 Å². The van der Waals surface area contributed by atoms with Crippen LogP contribution in [0.5, 0.6) is 0 Å². The predicted octanol–water partition coefficient (Wildman–Crippen LogP) is 2.00. The summed E-state index contributed by atoms with van der Waals surface area (Å²) in [5.74, 6) is 0.844. The first-order valence-electron chi connectivity index (χ1n) is 6.81. The predicted molar refractivity (Wildman–Crippen MR) is 82.4 cm³/mol. The summed E-state index contributed by atoms with van der Waals surface area (Å²) in [7, 11) is -3.46. The number of aliphatic hydroxyl groups is 1. The molecule has 1 aliphatic rings. The molecule has 1 heterocycles. The Kier molecular flexibility index (Phi) is 5.12. The molecule has 0 amide bonds. The van der Waals surface area contributed by atoms with Gasteiger partial charge in [0.05, 0.1) is 11.5 Å². The van der Waals surface area contributed by atoms with E-state index in [9.17, 15) is 13.5 Å².